The molecular weight excluding hydrogens is 805 g/mol. The van der Waals surface area contributed by atoms with Crippen molar-refractivity contribution in [3.05, 3.63) is 144 Å². The Balaban J connectivity index is 0.979. The summed E-state index contributed by atoms with van der Waals surface area (Å²) in [6.45, 7) is 0.970. The van der Waals surface area contributed by atoms with Gasteiger partial charge in [0.25, 0.3) is 11.8 Å². The van der Waals surface area contributed by atoms with Crippen molar-refractivity contribution in [2.24, 2.45) is 0 Å². The summed E-state index contributed by atoms with van der Waals surface area (Å²) in [5.41, 5.74) is 5.32. The number of imidazole rings is 2. The van der Waals surface area contributed by atoms with Crippen molar-refractivity contribution in [3.8, 4) is 33.6 Å². The van der Waals surface area contributed by atoms with Gasteiger partial charge < -0.3 is 45.0 Å². The fourth-order valence-corrected chi connectivity index (χ4v) is 8.46. The van der Waals surface area contributed by atoms with Crippen LogP contribution in [0.15, 0.2) is 116 Å². The maximum atomic E-state index is 14.0. The molecule has 0 radical (unpaired) electrons. The maximum Gasteiger partial charge on any atom is 0.407 e. The monoisotopic (exact) mass is 850 g/mol. The molecule has 4 atom stereocenters. The van der Waals surface area contributed by atoms with Crippen LogP contribution >= 0.6 is 0 Å². The molecule has 2 aliphatic heterocycles. The van der Waals surface area contributed by atoms with E-state index in [1.165, 1.54) is 14.2 Å². The number of hydrogen-bond donors (Lipinski definition) is 5. The number of carbonyl (C=O) groups is 5. The predicted octanol–water partition coefficient (Wildman–Crippen LogP) is 7.35. The quantitative estimate of drug-likeness (QED) is 0.0826. The Hall–Kier alpha value is -7.75. The largest absolute Gasteiger partial charge is 0.478 e. The molecular formula is C47H46N8O8. The van der Waals surface area contributed by atoms with Gasteiger partial charge in [-0.05, 0) is 59.6 Å². The molecule has 5 N–H and O–H groups in total. The number of rotatable bonds is 12. The van der Waals surface area contributed by atoms with Crippen molar-refractivity contribution >= 4 is 30.0 Å². The third-order valence-corrected chi connectivity index (χ3v) is 11.6. The van der Waals surface area contributed by atoms with E-state index in [0.29, 0.717) is 71.1 Å². The lowest BCUT2D eigenvalue weighted by Crippen LogP contribution is -2.42. The molecule has 4 heterocycles. The topological polar surface area (TPSA) is 212 Å². The Labute approximate surface area is 362 Å². The number of methoxy groups -OCH3 is 2. The molecule has 6 aromatic rings. The molecule has 4 aromatic carbocycles. The number of carbonyl (C=O) groups excluding carboxylic acids is 4. The van der Waals surface area contributed by atoms with Gasteiger partial charge in [-0.3, -0.25) is 9.59 Å². The lowest BCUT2D eigenvalue weighted by molar-refractivity contribution is -0.135. The normalized spacial score (nSPS) is 16.9. The van der Waals surface area contributed by atoms with Crippen molar-refractivity contribution < 1.29 is 38.6 Å². The minimum Gasteiger partial charge on any atom is -0.478 e. The summed E-state index contributed by atoms with van der Waals surface area (Å²) in [7, 11) is 2.50. The number of H-pyrrole nitrogens is 2. The van der Waals surface area contributed by atoms with Crippen molar-refractivity contribution in [2.45, 2.75) is 49.9 Å². The molecule has 4 amide bonds. The molecule has 322 valence electrons. The Morgan fingerprint density at radius 3 is 1.54 bits per heavy atom. The first-order valence-electron chi connectivity index (χ1n) is 20.6. The highest BCUT2D eigenvalue weighted by Crippen LogP contribution is 2.37. The molecule has 2 saturated heterocycles. The highest BCUT2D eigenvalue weighted by atomic mass is 16.5. The number of hydrogen-bond acceptors (Lipinski definition) is 9. The molecule has 0 saturated carbocycles. The van der Waals surface area contributed by atoms with Crippen LogP contribution in [-0.2, 0) is 19.1 Å². The lowest BCUT2D eigenvalue weighted by Gasteiger charge is -2.28. The standard InChI is InChI=1S/C47H46N8O8/c1-62-46(60)52-39(30-11-5-3-6-12-30)43(56)54-23-9-15-37(54)41-48-26-35(50-41)29-19-17-28(18-20-29)33-22-21-32(25-34(33)45(58)59)36-27-49-42(51-36)38-16-10-24-55(38)44(57)40(53-47(61)63-2)31-13-7-4-8-14-31/h3-8,11-14,17-22,25-27,37-40H,9-10,15-16,23-24H2,1-2H3,(H,48,50)(H,49,51)(H,52,60)(H,53,61)(H,58,59)/t37-,38-,39+,40+/m0/s1. The van der Waals surface area contributed by atoms with Gasteiger partial charge in [0.15, 0.2) is 0 Å². The van der Waals surface area contributed by atoms with Gasteiger partial charge in [-0.1, -0.05) is 97.1 Å². The van der Waals surface area contributed by atoms with Crippen molar-refractivity contribution in [3.63, 3.8) is 0 Å². The van der Waals surface area contributed by atoms with E-state index in [0.717, 1.165) is 24.1 Å². The van der Waals surface area contributed by atoms with Crippen molar-refractivity contribution in [1.82, 2.24) is 40.4 Å². The zero-order valence-electron chi connectivity index (χ0n) is 34.6. The first-order chi connectivity index (χ1) is 30.6. The molecule has 0 bridgehead atoms. The average molecular weight is 851 g/mol. The number of ether oxygens (including phenoxy) is 2. The smallest absolute Gasteiger partial charge is 0.407 e. The Kier molecular flexibility index (Phi) is 12.3. The van der Waals surface area contributed by atoms with Crippen LogP contribution in [-0.4, -0.2) is 92.1 Å². The Morgan fingerprint density at radius 1 is 0.635 bits per heavy atom. The van der Waals surface area contributed by atoms with Crippen LogP contribution in [0.4, 0.5) is 9.59 Å². The van der Waals surface area contributed by atoms with Crippen LogP contribution in [0.25, 0.3) is 33.6 Å². The third-order valence-electron chi connectivity index (χ3n) is 11.6. The van der Waals surface area contributed by atoms with Gasteiger partial charge in [0.2, 0.25) is 0 Å². The van der Waals surface area contributed by atoms with Gasteiger partial charge >= 0.3 is 18.2 Å². The number of aromatic nitrogens is 4. The number of carboxylic acids is 1. The number of carboxylic acid groups (broad SMARTS) is 1. The van der Waals surface area contributed by atoms with Gasteiger partial charge in [-0.15, -0.1) is 0 Å². The van der Waals surface area contributed by atoms with E-state index < -0.39 is 30.2 Å². The van der Waals surface area contributed by atoms with E-state index in [-0.39, 0.29) is 29.5 Å². The maximum absolute atomic E-state index is 14.0. The summed E-state index contributed by atoms with van der Waals surface area (Å²) < 4.78 is 9.63. The van der Waals surface area contributed by atoms with Crippen molar-refractivity contribution in [1.29, 1.82) is 0 Å². The van der Waals surface area contributed by atoms with Crippen LogP contribution in [0.2, 0.25) is 0 Å². The van der Waals surface area contributed by atoms with Gasteiger partial charge in [-0.25, -0.2) is 24.4 Å². The van der Waals surface area contributed by atoms with Gasteiger partial charge in [0.05, 0.1) is 55.6 Å². The highest BCUT2D eigenvalue weighted by molar-refractivity contribution is 5.97. The second-order valence-electron chi connectivity index (χ2n) is 15.3. The number of alkyl carbamates (subject to hydrolysis) is 2. The predicted molar refractivity (Wildman–Crippen MR) is 231 cm³/mol. The number of nitrogens with zero attached hydrogens (tertiary/aromatic N) is 4. The zero-order valence-corrected chi connectivity index (χ0v) is 34.6. The van der Waals surface area contributed by atoms with Crippen LogP contribution in [0.3, 0.4) is 0 Å². The van der Waals surface area contributed by atoms with Gasteiger partial charge in [0.1, 0.15) is 23.7 Å². The SMILES string of the molecule is COC(=O)N[C@@H](C(=O)N1CCC[C@H]1c1ncc(-c2ccc(-c3ccc(-c4cnc([C@@H]5CCCN5C(=O)[C@H](NC(=O)OC)c5ccccc5)[nH]4)cc3C(=O)O)cc2)[nH]1)c1ccccc1. The first kappa shape index (κ1) is 42.0. The van der Waals surface area contributed by atoms with E-state index in [1.807, 2.05) is 54.6 Å². The van der Waals surface area contributed by atoms with Crippen LogP contribution in [0, 0.1) is 0 Å². The van der Waals surface area contributed by atoms with E-state index in [1.54, 1.807) is 70.7 Å². The number of aromatic carboxylic acids is 1. The van der Waals surface area contributed by atoms with Crippen LogP contribution in [0.1, 0.15) is 83.0 Å². The Bertz CT molecular complexity index is 2610. The summed E-state index contributed by atoms with van der Waals surface area (Å²) in [5, 5.41) is 15.7. The lowest BCUT2D eigenvalue weighted by atomic mass is 9.95. The molecule has 16 nitrogen and oxygen atoms in total. The fourth-order valence-electron chi connectivity index (χ4n) is 8.46. The molecule has 0 unspecified atom stereocenters. The van der Waals surface area contributed by atoms with E-state index in [4.69, 9.17) is 9.47 Å². The molecule has 8 rings (SSSR count). The first-order valence-corrected chi connectivity index (χ1v) is 20.6. The second-order valence-corrected chi connectivity index (χ2v) is 15.3. The molecule has 2 aliphatic rings. The molecule has 16 heteroatoms. The summed E-state index contributed by atoms with van der Waals surface area (Å²) in [5.74, 6) is -0.480. The number of likely N-dealkylation sites (tertiary alicyclic amines) is 2. The summed E-state index contributed by atoms with van der Waals surface area (Å²) in [6, 6.07) is 28.1. The number of nitrogens with one attached hydrogen (secondary N) is 4. The number of aromatic amines is 2. The van der Waals surface area contributed by atoms with E-state index in [2.05, 4.69) is 30.6 Å². The minimum absolute atomic E-state index is 0.0963. The van der Waals surface area contributed by atoms with E-state index >= 15 is 0 Å². The third kappa shape index (κ3) is 8.87. The summed E-state index contributed by atoms with van der Waals surface area (Å²) >= 11 is 0. The second kappa shape index (κ2) is 18.5. The highest BCUT2D eigenvalue weighted by Gasteiger charge is 2.38. The molecule has 0 spiro atoms. The van der Waals surface area contributed by atoms with Crippen molar-refractivity contribution in [2.75, 3.05) is 27.3 Å². The van der Waals surface area contributed by atoms with Crippen LogP contribution < -0.4 is 10.6 Å². The molecule has 0 aliphatic carbocycles. The summed E-state index contributed by atoms with van der Waals surface area (Å²) in [6.07, 6.45) is 4.76. The molecule has 63 heavy (non-hydrogen) atoms. The summed E-state index contributed by atoms with van der Waals surface area (Å²) in [4.78, 5) is 84.5. The average Bonchev–Trinajstić information content (AvgIpc) is 4.17. The fraction of sp³-hybridized carbons (Fsp3) is 0.255. The molecule has 2 aromatic heterocycles. The number of benzene rings is 4. The van der Waals surface area contributed by atoms with Crippen LogP contribution in [0.5, 0.6) is 0 Å². The van der Waals surface area contributed by atoms with E-state index in [9.17, 15) is 29.1 Å². The zero-order chi connectivity index (χ0) is 44.0. The number of amides is 4. The van der Waals surface area contributed by atoms with Gasteiger partial charge in [-0.2, -0.15) is 0 Å². The van der Waals surface area contributed by atoms with Gasteiger partial charge in [0, 0.05) is 18.7 Å². The molecule has 2 fully saturated rings. The minimum atomic E-state index is -1.10. The Morgan fingerprint density at radius 2 is 1.08 bits per heavy atom.